The summed E-state index contributed by atoms with van der Waals surface area (Å²) in [5.74, 6) is -0.540. The van der Waals surface area contributed by atoms with Gasteiger partial charge in [-0.2, -0.15) is 0 Å². The number of hydrogen-bond donors (Lipinski definition) is 2. The Morgan fingerprint density at radius 2 is 1.84 bits per heavy atom. The maximum absolute atomic E-state index is 14.3. The number of hydrogen-bond acceptors (Lipinski definition) is 8. The first-order valence-electron chi connectivity index (χ1n) is 13.8. The van der Waals surface area contributed by atoms with E-state index >= 15 is 0 Å². The van der Waals surface area contributed by atoms with E-state index in [4.69, 9.17) is 25.8 Å². The Bertz CT molecular complexity index is 1720. The number of nitrogens with zero attached hydrogens (tertiary/aromatic N) is 3. The van der Waals surface area contributed by atoms with Crippen molar-refractivity contribution in [3.63, 3.8) is 0 Å². The fraction of sp³-hybridized carbons (Fsp3) is 0.281. The van der Waals surface area contributed by atoms with Gasteiger partial charge in [0, 0.05) is 54.7 Å². The largest absolute Gasteiger partial charge is 0.493 e. The Morgan fingerprint density at radius 1 is 1.09 bits per heavy atom. The van der Waals surface area contributed by atoms with Gasteiger partial charge >= 0.3 is 0 Å². The first kappa shape index (κ1) is 31.0. The number of aliphatic hydroxyl groups is 1. The number of ether oxygens (including phenoxy) is 3. The highest BCUT2D eigenvalue weighted by atomic mass is 35.5. The molecule has 0 radical (unpaired) electrons. The average molecular weight is 625 g/mol. The van der Waals surface area contributed by atoms with Crippen molar-refractivity contribution in [3.05, 3.63) is 83.7 Å². The quantitative estimate of drug-likeness (QED) is 0.194. The van der Waals surface area contributed by atoms with Crippen molar-refractivity contribution >= 4 is 39.9 Å². The zero-order chi connectivity index (χ0) is 31.6. The van der Waals surface area contributed by atoms with E-state index in [1.165, 1.54) is 24.5 Å². The maximum atomic E-state index is 14.3. The molecular weight excluding hydrogens is 594 g/mol. The van der Waals surface area contributed by atoms with Crippen LogP contribution in [0.25, 0.3) is 10.9 Å². The number of carbonyl (C=O) groups is 1. The van der Waals surface area contributed by atoms with Crippen LogP contribution in [-0.4, -0.2) is 52.2 Å². The number of fused-ring (bicyclic) bond motifs is 1. The lowest BCUT2D eigenvalue weighted by Crippen LogP contribution is -2.41. The summed E-state index contributed by atoms with van der Waals surface area (Å²) in [7, 11) is 1.54. The van der Waals surface area contributed by atoms with Gasteiger partial charge in [0.25, 0.3) is 0 Å². The molecule has 2 N–H and O–H groups in total. The predicted molar refractivity (Wildman–Crippen MR) is 163 cm³/mol. The number of likely N-dealkylation sites (tertiary alicyclic amines) is 1. The SMILES string of the molecule is C=CC(=O)N1CCC(Oc2cc3c(Nc4cc(Cl)c(Oc5ccc(F)cc5F)cc4C(C)(C)O)ncnc3cc2OC)CC1. The first-order valence-corrected chi connectivity index (χ1v) is 14.2. The summed E-state index contributed by atoms with van der Waals surface area (Å²) in [5, 5.41) is 15.0. The van der Waals surface area contributed by atoms with Crippen molar-refractivity contribution in [3.8, 4) is 23.0 Å². The van der Waals surface area contributed by atoms with Crippen molar-refractivity contribution in [2.45, 2.75) is 38.4 Å². The number of anilines is 2. The summed E-state index contributed by atoms with van der Waals surface area (Å²) in [6, 6.07) is 9.46. The number of amides is 1. The fourth-order valence-electron chi connectivity index (χ4n) is 4.96. The summed E-state index contributed by atoms with van der Waals surface area (Å²) in [4.78, 5) is 22.5. The van der Waals surface area contributed by atoms with Crippen LogP contribution >= 0.6 is 11.6 Å². The van der Waals surface area contributed by atoms with Gasteiger partial charge in [-0.3, -0.25) is 4.79 Å². The summed E-state index contributed by atoms with van der Waals surface area (Å²) >= 11 is 6.54. The number of carbonyl (C=O) groups excluding carboxylic acids is 1. The van der Waals surface area contributed by atoms with E-state index in [0.717, 1.165) is 12.1 Å². The lowest BCUT2D eigenvalue weighted by atomic mass is 9.96. The molecule has 0 bridgehead atoms. The second kappa shape index (κ2) is 12.6. The van der Waals surface area contributed by atoms with Crippen LogP contribution in [0.15, 0.2) is 61.4 Å². The number of piperidine rings is 1. The molecule has 1 aliphatic rings. The first-order chi connectivity index (χ1) is 21.0. The third-order valence-corrected chi connectivity index (χ3v) is 7.54. The normalized spacial score (nSPS) is 13.9. The van der Waals surface area contributed by atoms with Gasteiger partial charge in [0.1, 0.15) is 29.8 Å². The van der Waals surface area contributed by atoms with Crippen LogP contribution in [0.3, 0.4) is 0 Å². The van der Waals surface area contributed by atoms with Crippen LogP contribution in [0.4, 0.5) is 20.3 Å². The molecule has 1 aliphatic heterocycles. The molecule has 0 spiro atoms. The van der Waals surface area contributed by atoms with Gasteiger partial charge in [0.15, 0.2) is 23.1 Å². The molecule has 0 unspecified atom stereocenters. The lowest BCUT2D eigenvalue weighted by Gasteiger charge is -2.31. The van der Waals surface area contributed by atoms with E-state index in [1.54, 1.807) is 38.0 Å². The molecular formula is C32H31ClF2N4O5. The molecule has 12 heteroatoms. The molecule has 4 aromatic rings. The number of rotatable bonds is 9. The molecule has 1 fully saturated rings. The molecule has 1 amide bonds. The summed E-state index contributed by atoms with van der Waals surface area (Å²) in [6.45, 7) is 7.81. The maximum Gasteiger partial charge on any atom is 0.245 e. The second-order valence-corrected chi connectivity index (χ2v) is 11.2. The van der Waals surface area contributed by atoms with Crippen LogP contribution in [0.1, 0.15) is 32.3 Å². The highest BCUT2D eigenvalue weighted by molar-refractivity contribution is 6.32. The zero-order valence-electron chi connectivity index (χ0n) is 24.4. The minimum absolute atomic E-state index is 0.0636. The number of aromatic nitrogens is 2. The van der Waals surface area contributed by atoms with Crippen molar-refractivity contribution in [2.75, 3.05) is 25.5 Å². The van der Waals surface area contributed by atoms with E-state index < -0.39 is 17.2 Å². The molecule has 0 aliphatic carbocycles. The Hall–Kier alpha value is -4.48. The number of nitrogens with one attached hydrogen (secondary N) is 1. The smallest absolute Gasteiger partial charge is 0.245 e. The average Bonchev–Trinajstić information content (AvgIpc) is 2.99. The van der Waals surface area contributed by atoms with E-state index in [-0.39, 0.29) is 28.5 Å². The summed E-state index contributed by atoms with van der Waals surface area (Å²) in [5.41, 5.74) is -0.0427. The molecule has 0 atom stereocenters. The fourth-order valence-corrected chi connectivity index (χ4v) is 5.17. The van der Waals surface area contributed by atoms with E-state index in [9.17, 15) is 18.7 Å². The molecule has 0 saturated carbocycles. The van der Waals surface area contributed by atoms with Crippen LogP contribution in [-0.2, 0) is 10.4 Å². The summed E-state index contributed by atoms with van der Waals surface area (Å²) < 4.78 is 45.3. The van der Waals surface area contributed by atoms with Crippen molar-refractivity contribution in [2.24, 2.45) is 0 Å². The zero-order valence-corrected chi connectivity index (χ0v) is 25.1. The molecule has 1 saturated heterocycles. The third kappa shape index (κ3) is 6.68. The van der Waals surface area contributed by atoms with Crippen LogP contribution < -0.4 is 19.5 Å². The van der Waals surface area contributed by atoms with Crippen molar-refractivity contribution < 1.29 is 32.9 Å². The van der Waals surface area contributed by atoms with Gasteiger partial charge in [-0.15, -0.1) is 0 Å². The number of halogens is 3. The molecule has 1 aromatic heterocycles. The Labute approximate surface area is 258 Å². The van der Waals surface area contributed by atoms with Crippen LogP contribution in [0.2, 0.25) is 5.02 Å². The standard InChI is InChI=1S/C32H31ClF2N4O5/c1-5-30(40)39-10-8-19(9-11-39)43-29-13-20-24(16-28(29)42-4)36-17-37-31(20)38-25-15-22(33)27(14-21(25)32(2,3)41)44-26-7-6-18(34)12-23(26)35/h5-7,12-17,19,41H,1,8-11H2,2-4H3,(H,36,37,38). The summed E-state index contributed by atoms with van der Waals surface area (Å²) in [6.07, 6.45) is 3.83. The Kier molecular flexibility index (Phi) is 8.89. The molecule has 3 aromatic carbocycles. The van der Waals surface area contributed by atoms with Gasteiger partial charge in [-0.1, -0.05) is 18.2 Å². The highest BCUT2D eigenvalue weighted by Gasteiger charge is 2.26. The Morgan fingerprint density at radius 3 is 2.50 bits per heavy atom. The monoisotopic (exact) mass is 624 g/mol. The highest BCUT2D eigenvalue weighted by Crippen LogP contribution is 2.42. The van der Waals surface area contributed by atoms with Gasteiger partial charge < -0.3 is 29.5 Å². The van der Waals surface area contributed by atoms with E-state index in [0.29, 0.717) is 71.5 Å². The van der Waals surface area contributed by atoms with Crippen molar-refractivity contribution in [1.82, 2.24) is 14.9 Å². The molecule has 2 heterocycles. The topological polar surface area (TPSA) is 106 Å². The Balaban J connectivity index is 1.47. The van der Waals surface area contributed by atoms with Gasteiger partial charge in [0.2, 0.25) is 5.91 Å². The number of benzene rings is 3. The van der Waals surface area contributed by atoms with Crippen LogP contribution in [0, 0.1) is 11.6 Å². The molecule has 44 heavy (non-hydrogen) atoms. The van der Waals surface area contributed by atoms with E-state index in [2.05, 4.69) is 21.9 Å². The second-order valence-electron chi connectivity index (χ2n) is 10.8. The minimum Gasteiger partial charge on any atom is -0.493 e. The lowest BCUT2D eigenvalue weighted by molar-refractivity contribution is -0.127. The van der Waals surface area contributed by atoms with Gasteiger partial charge in [-0.25, -0.2) is 18.7 Å². The number of methoxy groups -OCH3 is 1. The van der Waals surface area contributed by atoms with Crippen LogP contribution in [0.5, 0.6) is 23.0 Å². The minimum atomic E-state index is -1.39. The third-order valence-electron chi connectivity index (χ3n) is 7.24. The van der Waals surface area contributed by atoms with Gasteiger partial charge in [-0.05, 0) is 50.3 Å². The molecule has 5 rings (SSSR count). The predicted octanol–water partition coefficient (Wildman–Crippen LogP) is 6.89. The van der Waals surface area contributed by atoms with Crippen molar-refractivity contribution in [1.29, 1.82) is 0 Å². The van der Waals surface area contributed by atoms with E-state index in [1.807, 2.05) is 0 Å². The van der Waals surface area contributed by atoms with Gasteiger partial charge in [0.05, 0.1) is 23.3 Å². The molecule has 230 valence electrons. The molecule has 9 nitrogen and oxygen atoms in total.